The molecule has 2 heterocycles. The third kappa shape index (κ3) is 4.94. The highest BCUT2D eigenvalue weighted by atomic mass is 19.4. The molecule has 1 N–H and O–H groups in total. The van der Waals surface area contributed by atoms with E-state index in [4.69, 9.17) is 4.74 Å². The number of rotatable bonds is 5. The van der Waals surface area contributed by atoms with E-state index >= 15 is 0 Å². The van der Waals surface area contributed by atoms with Gasteiger partial charge in [-0.2, -0.15) is 26.3 Å². The molecule has 3 rings (SSSR count). The fourth-order valence-electron chi connectivity index (χ4n) is 3.40. The molecule has 0 saturated carbocycles. The summed E-state index contributed by atoms with van der Waals surface area (Å²) in [6.45, 7) is 0.732. The maximum Gasteiger partial charge on any atom is 0.416 e. The molecule has 1 aliphatic rings. The van der Waals surface area contributed by atoms with Gasteiger partial charge in [0.05, 0.1) is 17.7 Å². The molecule has 1 aromatic carbocycles. The monoisotopic (exact) mass is 435 g/mol. The molecule has 0 fully saturated rings. The van der Waals surface area contributed by atoms with E-state index in [1.54, 1.807) is 4.57 Å². The van der Waals surface area contributed by atoms with Gasteiger partial charge in [0.2, 0.25) is 0 Å². The average molecular weight is 435 g/mol. The molecule has 0 bridgehead atoms. The number of ether oxygens (including phenoxy) is 1. The first-order chi connectivity index (χ1) is 14.0. The second-order valence-electron chi connectivity index (χ2n) is 7.02. The van der Waals surface area contributed by atoms with Crippen LogP contribution in [0.1, 0.15) is 45.3 Å². The summed E-state index contributed by atoms with van der Waals surface area (Å²) in [5.41, 5.74) is -2.56. The normalized spacial score (nSPS) is 17.0. The van der Waals surface area contributed by atoms with E-state index in [1.807, 2.05) is 0 Å². The van der Waals surface area contributed by atoms with Crippen LogP contribution in [0.4, 0.5) is 26.3 Å². The van der Waals surface area contributed by atoms with Gasteiger partial charge in [-0.15, -0.1) is 0 Å². The summed E-state index contributed by atoms with van der Waals surface area (Å²) in [5.74, 6) is -0.436. The van der Waals surface area contributed by atoms with E-state index in [1.165, 1.54) is 13.3 Å². The summed E-state index contributed by atoms with van der Waals surface area (Å²) < 4.78 is 85.2. The molecular weight excluding hydrogens is 416 g/mol. The molecule has 5 nitrogen and oxygen atoms in total. The van der Waals surface area contributed by atoms with Gasteiger partial charge in [0.15, 0.2) is 0 Å². The quantitative estimate of drug-likeness (QED) is 0.570. The number of benzene rings is 1. The van der Waals surface area contributed by atoms with Crippen LogP contribution in [0, 0.1) is 0 Å². The average Bonchev–Trinajstić information content (AvgIpc) is 3.10. The van der Waals surface area contributed by atoms with Crippen LogP contribution < -0.4 is 5.32 Å². The molecule has 30 heavy (non-hydrogen) atoms. The standard InChI is InChI=1S/C19H19F6N3O2/c1-30-5-4-26-17(29)15-10-28-9-11(2-3-16(28)27-15)12-6-13(18(20,21)22)8-14(7-12)19(23,24)25/h6-8,10-11H,2-5,9H2,1H3,(H,26,29). The summed E-state index contributed by atoms with van der Waals surface area (Å²) in [5, 5.41) is 2.61. The first-order valence-electron chi connectivity index (χ1n) is 9.11. The largest absolute Gasteiger partial charge is 0.416 e. The number of hydrogen-bond donors (Lipinski definition) is 1. The third-order valence-electron chi connectivity index (χ3n) is 4.90. The Balaban J connectivity index is 1.85. The molecular formula is C19H19F6N3O2. The zero-order valence-corrected chi connectivity index (χ0v) is 15.9. The van der Waals surface area contributed by atoms with Crippen LogP contribution in [0.25, 0.3) is 0 Å². The van der Waals surface area contributed by atoms with Crippen molar-refractivity contribution in [2.75, 3.05) is 20.3 Å². The minimum atomic E-state index is -4.89. The number of hydrogen-bond acceptors (Lipinski definition) is 3. The van der Waals surface area contributed by atoms with Gasteiger partial charge in [0.25, 0.3) is 5.91 Å². The number of halogens is 6. The van der Waals surface area contributed by atoms with Gasteiger partial charge < -0.3 is 14.6 Å². The Morgan fingerprint density at radius 1 is 1.17 bits per heavy atom. The van der Waals surface area contributed by atoms with Crippen molar-refractivity contribution in [3.05, 3.63) is 52.6 Å². The van der Waals surface area contributed by atoms with Crippen LogP contribution >= 0.6 is 0 Å². The Morgan fingerprint density at radius 3 is 2.37 bits per heavy atom. The lowest BCUT2D eigenvalue weighted by Gasteiger charge is -2.25. The molecule has 1 aromatic heterocycles. The maximum atomic E-state index is 13.1. The van der Waals surface area contributed by atoms with Crippen molar-refractivity contribution in [2.45, 2.75) is 37.7 Å². The van der Waals surface area contributed by atoms with Crippen molar-refractivity contribution in [3.8, 4) is 0 Å². The van der Waals surface area contributed by atoms with Gasteiger partial charge in [-0.05, 0) is 30.2 Å². The fraction of sp³-hybridized carbons (Fsp3) is 0.474. The highest BCUT2D eigenvalue weighted by Crippen LogP contribution is 2.39. The summed E-state index contributed by atoms with van der Waals surface area (Å²) >= 11 is 0. The highest BCUT2D eigenvalue weighted by Gasteiger charge is 2.38. The van der Waals surface area contributed by atoms with Crippen LogP contribution in [-0.4, -0.2) is 35.7 Å². The van der Waals surface area contributed by atoms with Gasteiger partial charge in [-0.1, -0.05) is 0 Å². The topological polar surface area (TPSA) is 56.1 Å². The van der Waals surface area contributed by atoms with Gasteiger partial charge in [-0.25, -0.2) is 4.98 Å². The number of nitrogens with one attached hydrogen (secondary N) is 1. The van der Waals surface area contributed by atoms with Gasteiger partial charge >= 0.3 is 12.4 Å². The molecule has 0 radical (unpaired) electrons. The number of aromatic nitrogens is 2. The lowest BCUT2D eigenvalue weighted by atomic mass is 9.89. The van der Waals surface area contributed by atoms with Gasteiger partial charge in [-0.3, -0.25) is 4.79 Å². The number of carbonyl (C=O) groups is 1. The summed E-state index contributed by atoms with van der Waals surface area (Å²) in [4.78, 5) is 16.3. The number of carbonyl (C=O) groups excluding carboxylic acids is 1. The minimum absolute atomic E-state index is 0.0393. The van der Waals surface area contributed by atoms with E-state index in [9.17, 15) is 31.1 Å². The van der Waals surface area contributed by atoms with Crippen molar-refractivity contribution >= 4 is 5.91 Å². The Bertz CT molecular complexity index is 888. The Morgan fingerprint density at radius 2 is 1.80 bits per heavy atom. The highest BCUT2D eigenvalue weighted by molar-refractivity contribution is 5.92. The van der Waals surface area contributed by atoms with Crippen LogP contribution in [-0.2, 0) is 30.1 Å². The lowest BCUT2D eigenvalue weighted by Crippen LogP contribution is -2.27. The number of imidazole rings is 1. The lowest BCUT2D eigenvalue weighted by molar-refractivity contribution is -0.143. The van der Waals surface area contributed by atoms with E-state index in [0.717, 1.165) is 12.1 Å². The number of fused-ring (bicyclic) bond motifs is 1. The molecule has 0 spiro atoms. The van der Waals surface area contributed by atoms with Crippen molar-refractivity contribution in [2.24, 2.45) is 0 Å². The second kappa shape index (κ2) is 8.29. The second-order valence-corrected chi connectivity index (χ2v) is 7.02. The van der Waals surface area contributed by atoms with Crippen LogP contribution in [0.2, 0.25) is 0 Å². The van der Waals surface area contributed by atoms with Crippen molar-refractivity contribution in [3.63, 3.8) is 0 Å². The van der Waals surface area contributed by atoms with Crippen molar-refractivity contribution in [1.29, 1.82) is 0 Å². The molecule has 0 saturated heterocycles. The molecule has 2 aromatic rings. The first kappa shape index (κ1) is 22.1. The van der Waals surface area contributed by atoms with Crippen LogP contribution in [0.3, 0.4) is 0 Å². The Hall–Kier alpha value is -2.56. The van der Waals surface area contributed by atoms with E-state index < -0.39 is 35.3 Å². The molecule has 1 amide bonds. The maximum absolute atomic E-state index is 13.1. The van der Waals surface area contributed by atoms with Crippen molar-refractivity contribution in [1.82, 2.24) is 14.9 Å². The van der Waals surface area contributed by atoms with E-state index in [0.29, 0.717) is 25.3 Å². The number of amides is 1. The molecule has 1 atom stereocenters. The fourth-order valence-corrected chi connectivity index (χ4v) is 3.40. The number of methoxy groups -OCH3 is 1. The predicted molar refractivity (Wildman–Crippen MR) is 93.9 cm³/mol. The predicted octanol–water partition coefficient (Wildman–Crippen LogP) is 4.03. The molecule has 164 valence electrons. The number of alkyl halides is 6. The van der Waals surface area contributed by atoms with E-state index in [-0.39, 0.29) is 30.4 Å². The van der Waals surface area contributed by atoms with Crippen LogP contribution in [0.5, 0.6) is 0 Å². The zero-order chi connectivity index (χ0) is 22.1. The zero-order valence-electron chi connectivity index (χ0n) is 15.9. The van der Waals surface area contributed by atoms with Crippen molar-refractivity contribution < 1.29 is 35.9 Å². The van der Waals surface area contributed by atoms with Gasteiger partial charge in [0, 0.05) is 38.7 Å². The molecule has 11 heteroatoms. The first-order valence-corrected chi connectivity index (χ1v) is 9.11. The summed E-state index contributed by atoms with van der Waals surface area (Å²) in [6.07, 6.45) is -7.67. The van der Waals surface area contributed by atoms with Gasteiger partial charge in [0.1, 0.15) is 11.5 Å². The smallest absolute Gasteiger partial charge is 0.383 e. The number of nitrogens with zero attached hydrogens (tertiary/aromatic N) is 2. The molecule has 1 unspecified atom stereocenters. The summed E-state index contributed by atoms with van der Waals surface area (Å²) in [7, 11) is 1.49. The SMILES string of the molecule is COCCNC(=O)c1cn2c(n1)CCC(c1cc(C(F)(F)F)cc(C(F)(F)F)c1)C2. The Kier molecular flexibility index (Phi) is 6.11. The minimum Gasteiger partial charge on any atom is -0.383 e. The van der Waals surface area contributed by atoms with Crippen LogP contribution in [0.15, 0.2) is 24.4 Å². The Labute approximate surface area is 168 Å². The number of aryl methyl sites for hydroxylation is 1. The third-order valence-corrected chi connectivity index (χ3v) is 4.90. The molecule has 0 aliphatic carbocycles. The summed E-state index contributed by atoms with van der Waals surface area (Å²) in [6, 6.07) is 1.65. The van der Waals surface area contributed by atoms with E-state index in [2.05, 4.69) is 10.3 Å². The molecule has 1 aliphatic heterocycles.